The molecule has 3 heterocycles. The number of carbonyl (C=O) groups excluding carboxylic acids is 1. The summed E-state index contributed by atoms with van der Waals surface area (Å²) >= 11 is 0. The number of Topliss-reactive ketones (excluding diaryl/α,β-unsaturated/α-hetero) is 1. The van der Waals surface area contributed by atoms with Gasteiger partial charge in [-0.1, -0.05) is 24.3 Å². The third-order valence-corrected chi connectivity index (χ3v) is 5.20. The Kier molecular flexibility index (Phi) is 3.42. The lowest BCUT2D eigenvalue weighted by Gasteiger charge is -2.40. The van der Waals surface area contributed by atoms with Crippen molar-refractivity contribution in [2.75, 3.05) is 31.6 Å². The van der Waals surface area contributed by atoms with E-state index in [9.17, 15) is 4.79 Å². The van der Waals surface area contributed by atoms with Crippen LogP contribution in [-0.4, -0.2) is 48.4 Å². The Hall–Kier alpha value is -2.20. The standard InChI is InChI=1S/C19H21N3O/c1-13(23)14-3-5-15(6-4-14)18-8-7-17(9-20-18)22-11-16-10-21(2)19(16)12-22/h3-9,16,19H,10-12H2,1-2H3/t16-,19+/m1/s1. The number of hydrogen-bond acceptors (Lipinski definition) is 4. The molecule has 2 saturated heterocycles. The molecule has 0 saturated carbocycles. The van der Waals surface area contributed by atoms with E-state index in [2.05, 4.69) is 34.0 Å². The average molecular weight is 307 g/mol. The highest BCUT2D eigenvalue weighted by Crippen LogP contribution is 2.33. The van der Waals surface area contributed by atoms with E-state index in [1.165, 1.54) is 12.2 Å². The number of likely N-dealkylation sites (tertiary alicyclic amines) is 1. The van der Waals surface area contributed by atoms with Crippen LogP contribution in [0.25, 0.3) is 11.3 Å². The maximum atomic E-state index is 11.3. The Morgan fingerprint density at radius 3 is 2.43 bits per heavy atom. The lowest BCUT2D eigenvalue weighted by Crippen LogP contribution is -2.52. The topological polar surface area (TPSA) is 36.4 Å². The molecule has 118 valence electrons. The number of aromatic nitrogens is 1. The molecule has 4 nitrogen and oxygen atoms in total. The number of likely N-dealkylation sites (N-methyl/N-ethyl adjacent to an activating group) is 1. The monoisotopic (exact) mass is 307 g/mol. The number of pyridine rings is 1. The second kappa shape index (κ2) is 5.46. The van der Waals surface area contributed by atoms with Gasteiger partial charge >= 0.3 is 0 Å². The molecule has 0 amide bonds. The molecule has 2 aliphatic heterocycles. The predicted molar refractivity (Wildman–Crippen MR) is 91.8 cm³/mol. The molecule has 0 radical (unpaired) electrons. The minimum Gasteiger partial charge on any atom is -0.368 e. The number of ketones is 1. The van der Waals surface area contributed by atoms with Gasteiger partial charge in [0.1, 0.15) is 0 Å². The molecular formula is C19H21N3O. The molecule has 0 bridgehead atoms. The van der Waals surface area contributed by atoms with Gasteiger partial charge in [0, 0.05) is 42.7 Å². The summed E-state index contributed by atoms with van der Waals surface area (Å²) in [6, 6.07) is 12.6. The number of nitrogens with zero attached hydrogens (tertiary/aromatic N) is 3. The second-order valence-corrected chi connectivity index (χ2v) is 6.71. The van der Waals surface area contributed by atoms with Crippen LogP contribution in [0, 0.1) is 5.92 Å². The molecule has 0 spiro atoms. The van der Waals surface area contributed by atoms with Crippen LogP contribution in [-0.2, 0) is 0 Å². The van der Waals surface area contributed by atoms with Crippen LogP contribution >= 0.6 is 0 Å². The normalized spacial score (nSPS) is 23.5. The highest BCUT2D eigenvalue weighted by molar-refractivity contribution is 5.94. The molecular weight excluding hydrogens is 286 g/mol. The zero-order valence-corrected chi connectivity index (χ0v) is 13.6. The smallest absolute Gasteiger partial charge is 0.159 e. The SMILES string of the molecule is CC(=O)c1ccc(-c2ccc(N3C[C@H]4CN(C)[C@H]4C3)cn2)cc1. The number of anilines is 1. The highest BCUT2D eigenvalue weighted by Gasteiger charge is 2.43. The van der Waals surface area contributed by atoms with Crippen molar-refractivity contribution in [1.82, 2.24) is 9.88 Å². The van der Waals surface area contributed by atoms with Crippen LogP contribution < -0.4 is 4.90 Å². The summed E-state index contributed by atoms with van der Waals surface area (Å²) in [7, 11) is 2.21. The van der Waals surface area contributed by atoms with Crippen LogP contribution in [0.3, 0.4) is 0 Å². The predicted octanol–water partition coefficient (Wildman–Crippen LogP) is 2.70. The van der Waals surface area contributed by atoms with Gasteiger partial charge in [-0.3, -0.25) is 9.78 Å². The van der Waals surface area contributed by atoms with E-state index < -0.39 is 0 Å². The minimum absolute atomic E-state index is 0.0912. The van der Waals surface area contributed by atoms with Gasteiger partial charge < -0.3 is 9.80 Å². The molecule has 0 N–H and O–H groups in total. The number of benzene rings is 1. The van der Waals surface area contributed by atoms with E-state index in [0.717, 1.165) is 35.8 Å². The molecule has 23 heavy (non-hydrogen) atoms. The van der Waals surface area contributed by atoms with E-state index in [-0.39, 0.29) is 5.78 Å². The van der Waals surface area contributed by atoms with Crippen LogP contribution in [0.4, 0.5) is 5.69 Å². The highest BCUT2D eigenvalue weighted by atomic mass is 16.1. The summed E-state index contributed by atoms with van der Waals surface area (Å²) in [6.45, 7) is 5.05. The Morgan fingerprint density at radius 2 is 1.87 bits per heavy atom. The van der Waals surface area contributed by atoms with Gasteiger partial charge in [0.05, 0.1) is 17.6 Å². The van der Waals surface area contributed by atoms with Gasteiger partial charge in [0.15, 0.2) is 5.78 Å². The summed E-state index contributed by atoms with van der Waals surface area (Å²) in [5.41, 5.74) is 3.94. The summed E-state index contributed by atoms with van der Waals surface area (Å²) in [5, 5.41) is 0. The van der Waals surface area contributed by atoms with E-state index in [1.54, 1.807) is 6.92 Å². The quantitative estimate of drug-likeness (QED) is 0.817. The maximum Gasteiger partial charge on any atom is 0.159 e. The van der Waals surface area contributed by atoms with Crippen molar-refractivity contribution in [2.45, 2.75) is 13.0 Å². The minimum atomic E-state index is 0.0912. The van der Waals surface area contributed by atoms with Crippen molar-refractivity contribution in [3.05, 3.63) is 48.2 Å². The molecule has 2 aliphatic rings. The Labute approximate surface area is 136 Å². The van der Waals surface area contributed by atoms with Gasteiger partial charge in [-0.05, 0) is 26.1 Å². The molecule has 4 heteroatoms. The number of rotatable bonds is 3. The third-order valence-electron chi connectivity index (χ3n) is 5.20. The van der Waals surface area contributed by atoms with Crippen molar-refractivity contribution in [3.8, 4) is 11.3 Å². The lowest BCUT2D eigenvalue weighted by molar-refractivity contribution is 0.0827. The van der Waals surface area contributed by atoms with E-state index in [1.807, 2.05) is 30.5 Å². The van der Waals surface area contributed by atoms with Gasteiger partial charge in [-0.15, -0.1) is 0 Å². The molecule has 2 fully saturated rings. The van der Waals surface area contributed by atoms with Crippen molar-refractivity contribution >= 4 is 11.5 Å². The molecule has 1 aromatic heterocycles. The first-order valence-electron chi connectivity index (χ1n) is 8.14. The first kappa shape index (κ1) is 14.4. The third kappa shape index (κ3) is 2.53. The van der Waals surface area contributed by atoms with E-state index in [4.69, 9.17) is 0 Å². The van der Waals surface area contributed by atoms with Crippen LogP contribution in [0.2, 0.25) is 0 Å². The fraction of sp³-hybridized carbons (Fsp3) is 0.368. The second-order valence-electron chi connectivity index (χ2n) is 6.71. The van der Waals surface area contributed by atoms with Crippen molar-refractivity contribution in [3.63, 3.8) is 0 Å². The van der Waals surface area contributed by atoms with Gasteiger partial charge in [-0.25, -0.2) is 0 Å². The van der Waals surface area contributed by atoms with Gasteiger partial charge in [0.25, 0.3) is 0 Å². The van der Waals surface area contributed by atoms with Crippen molar-refractivity contribution in [1.29, 1.82) is 0 Å². The Balaban J connectivity index is 1.51. The Bertz CT molecular complexity index is 723. The molecule has 1 aromatic carbocycles. The van der Waals surface area contributed by atoms with E-state index >= 15 is 0 Å². The molecule has 0 aliphatic carbocycles. The zero-order chi connectivity index (χ0) is 16.0. The summed E-state index contributed by atoms with van der Waals surface area (Å²) in [4.78, 5) is 20.8. The lowest BCUT2D eigenvalue weighted by atomic mass is 9.93. The van der Waals surface area contributed by atoms with Gasteiger partial charge in [-0.2, -0.15) is 0 Å². The van der Waals surface area contributed by atoms with E-state index in [0.29, 0.717) is 6.04 Å². The molecule has 2 aromatic rings. The maximum absolute atomic E-state index is 11.3. The molecule has 2 atom stereocenters. The summed E-state index contributed by atoms with van der Waals surface area (Å²) in [5.74, 6) is 0.910. The Morgan fingerprint density at radius 1 is 1.09 bits per heavy atom. The fourth-order valence-electron chi connectivity index (χ4n) is 3.73. The largest absolute Gasteiger partial charge is 0.368 e. The molecule has 4 rings (SSSR count). The first-order valence-corrected chi connectivity index (χ1v) is 8.14. The van der Waals surface area contributed by atoms with Crippen LogP contribution in [0.5, 0.6) is 0 Å². The van der Waals surface area contributed by atoms with Gasteiger partial charge in [0.2, 0.25) is 0 Å². The number of fused-ring (bicyclic) bond motifs is 1. The molecule has 0 unspecified atom stereocenters. The van der Waals surface area contributed by atoms with Crippen LogP contribution in [0.1, 0.15) is 17.3 Å². The summed E-state index contributed by atoms with van der Waals surface area (Å²) < 4.78 is 0. The number of hydrogen-bond donors (Lipinski definition) is 0. The van der Waals surface area contributed by atoms with Crippen molar-refractivity contribution in [2.24, 2.45) is 5.92 Å². The van der Waals surface area contributed by atoms with Crippen LogP contribution in [0.15, 0.2) is 42.6 Å². The van der Waals surface area contributed by atoms with Crippen molar-refractivity contribution < 1.29 is 4.79 Å². The first-order chi connectivity index (χ1) is 11.1. The summed E-state index contributed by atoms with van der Waals surface area (Å²) in [6.07, 6.45) is 1.97. The fourth-order valence-corrected chi connectivity index (χ4v) is 3.73. The average Bonchev–Trinajstić information content (AvgIpc) is 2.92. The zero-order valence-electron chi connectivity index (χ0n) is 13.6. The number of carbonyl (C=O) groups is 1.